The second-order valence-electron chi connectivity index (χ2n) is 6.91. The fourth-order valence-corrected chi connectivity index (χ4v) is 2.79. The van der Waals surface area contributed by atoms with Crippen molar-refractivity contribution in [1.29, 1.82) is 0 Å². The molecule has 0 bridgehead atoms. The van der Waals surface area contributed by atoms with Crippen LogP contribution in [0.2, 0.25) is 0 Å². The molecule has 0 spiro atoms. The van der Waals surface area contributed by atoms with Gasteiger partial charge in [0.05, 0.1) is 6.04 Å². The Bertz CT molecular complexity index is 784. The van der Waals surface area contributed by atoms with Crippen LogP contribution >= 0.6 is 0 Å². The van der Waals surface area contributed by atoms with Gasteiger partial charge in [0.15, 0.2) is 0 Å². The fraction of sp³-hybridized carbons (Fsp3) is 0.471. The lowest BCUT2D eigenvalue weighted by Gasteiger charge is -2.22. The van der Waals surface area contributed by atoms with Gasteiger partial charge >= 0.3 is 12.5 Å². The van der Waals surface area contributed by atoms with E-state index in [4.69, 9.17) is 9.26 Å². The molecule has 0 saturated heterocycles. The molecule has 0 unspecified atom stereocenters. The van der Waals surface area contributed by atoms with Crippen molar-refractivity contribution in [3.63, 3.8) is 0 Å². The number of carbonyl (C=O) groups excluding carboxylic acids is 1. The van der Waals surface area contributed by atoms with E-state index < -0.39 is 23.9 Å². The quantitative estimate of drug-likeness (QED) is 0.897. The number of nitrogens with one attached hydrogen (secondary N) is 1. The Morgan fingerprint density at radius 1 is 1.40 bits per heavy atom. The van der Waals surface area contributed by atoms with Gasteiger partial charge in [-0.15, -0.1) is 0 Å². The van der Waals surface area contributed by atoms with Crippen molar-refractivity contribution in [2.75, 3.05) is 0 Å². The summed E-state index contributed by atoms with van der Waals surface area (Å²) in [6, 6.07) is 5.25. The molecule has 1 aliphatic carbocycles. The Hall–Kier alpha value is -2.51. The lowest BCUT2D eigenvalue weighted by molar-refractivity contribution is 0.0503. The molecule has 2 aromatic rings. The van der Waals surface area contributed by atoms with E-state index in [1.165, 1.54) is 0 Å². The predicted octanol–water partition coefficient (Wildman–Crippen LogP) is 4.19. The number of amides is 1. The zero-order valence-corrected chi connectivity index (χ0v) is 14.2. The number of fused-ring (bicyclic) bond motifs is 1. The Labute approximate surface area is 143 Å². The molecule has 8 heteroatoms. The number of aryl methyl sites for hydroxylation is 1. The fourth-order valence-electron chi connectivity index (χ4n) is 2.79. The number of nitrogens with zero attached hydrogens (tertiary/aromatic N) is 2. The minimum Gasteiger partial charge on any atom is -0.444 e. The van der Waals surface area contributed by atoms with Gasteiger partial charge in [0.2, 0.25) is 5.82 Å². The summed E-state index contributed by atoms with van der Waals surface area (Å²) >= 11 is 0. The molecular weight excluding hydrogens is 332 g/mol. The van der Waals surface area contributed by atoms with Crippen molar-refractivity contribution >= 4 is 6.09 Å². The molecule has 0 aliphatic heterocycles. The van der Waals surface area contributed by atoms with Crippen LogP contribution in [0.5, 0.6) is 0 Å². The number of aromatic nitrogens is 2. The first-order chi connectivity index (χ1) is 11.7. The molecule has 0 fully saturated rings. The summed E-state index contributed by atoms with van der Waals surface area (Å²) in [5.41, 5.74) is 2.00. The molecule has 3 rings (SSSR count). The van der Waals surface area contributed by atoms with Crippen molar-refractivity contribution in [1.82, 2.24) is 15.5 Å². The third kappa shape index (κ3) is 3.94. The van der Waals surface area contributed by atoms with E-state index in [0.29, 0.717) is 5.56 Å². The van der Waals surface area contributed by atoms with Crippen LogP contribution in [0.4, 0.5) is 13.6 Å². The van der Waals surface area contributed by atoms with Crippen molar-refractivity contribution in [2.24, 2.45) is 0 Å². The molecule has 1 amide bonds. The van der Waals surface area contributed by atoms with Crippen LogP contribution in [-0.4, -0.2) is 21.8 Å². The summed E-state index contributed by atoms with van der Waals surface area (Å²) in [5.74, 6) is -0.568. The third-order valence-electron chi connectivity index (χ3n) is 3.80. The van der Waals surface area contributed by atoms with Gasteiger partial charge in [-0.25, -0.2) is 13.6 Å². The van der Waals surface area contributed by atoms with E-state index in [1.54, 1.807) is 26.8 Å². The average molecular weight is 351 g/mol. The van der Waals surface area contributed by atoms with Crippen LogP contribution in [0.25, 0.3) is 11.5 Å². The highest BCUT2D eigenvalue weighted by Crippen LogP contribution is 2.34. The summed E-state index contributed by atoms with van der Waals surface area (Å²) in [6.07, 6.45) is -1.74. The average Bonchev–Trinajstić information content (AvgIpc) is 3.12. The van der Waals surface area contributed by atoms with E-state index in [-0.39, 0.29) is 11.9 Å². The van der Waals surface area contributed by atoms with Crippen molar-refractivity contribution in [2.45, 2.75) is 51.7 Å². The molecule has 1 aliphatic rings. The maximum Gasteiger partial charge on any atom is 0.408 e. The largest absolute Gasteiger partial charge is 0.444 e. The zero-order chi connectivity index (χ0) is 18.2. The molecule has 1 N–H and O–H groups in total. The SMILES string of the molecule is CC(C)(C)OC(=O)N[C@@H]1CCc2cc(-c3nc(C(F)F)no3)ccc21. The number of ether oxygens (including phenoxy) is 1. The van der Waals surface area contributed by atoms with Gasteiger partial charge in [-0.1, -0.05) is 11.2 Å². The maximum atomic E-state index is 12.6. The van der Waals surface area contributed by atoms with Gasteiger partial charge in [0.25, 0.3) is 5.89 Å². The lowest BCUT2D eigenvalue weighted by atomic mass is 10.0. The number of alkyl carbamates (subject to hydrolysis) is 1. The van der Waals surface area contributed by atoms with Crippen LogP contribution in [0.1, 0.15) is 56.6 Å². The number of hydrogen-bond donors (Lipinski definition) is 1. The van der Waals surface area contributed by atoms with E-state index in [2.05, 4.69) is 15.5 Å². The van der Waals surface area contributed by atoms with Crippen LogP contribution in [0.15, 0.2) is 22.7 Å². The van der Waals surface area contributed by atoms with Crippen molar-refractivity contribution in [3.05, 3.63) is 35.2 Å². The molecule has 1 aromatic heterocycles. The number of benzene rings is 1. The van der Waals surface area contributed by atoms with E-state index in [0.717, 1.165) is 24.0 Å². The second-order valence-corrected chi connectivity index (χ2v) is 6.91. The predicted molar refractivity (Wildman–Crippen MR) is 85.1 cm³/mol. The zero-order valence-electron chi connectivity index (χ0n) is 14.2. The normalized spacial score (nSPS) is 16.8. The summed E-state index contributed by atoms with van der Waals surface area (Å²) in [5, 5.41) is 6.12. The first-order valence-corrected chi connectivity index (χ1v) is 7.97. The molecule has 134 valence electrons. The molecular formula is C17H19F2N3O3. The van der Waals surface area contributed by atoms with Gasteiger partial charge in [-0.2, -0.15) is 4.98 Å². The number of halogens is 2. The first-order valence-electron chi connectivity index (χ1n) is 7.97. The summed E-state index contributed by atoms with van der Waals surface area (Å²) < 4.78 is 35.3. The number of carbonyl (C=O) groups is 1. The molecule has 0 radical (unpaired) electrons. The van der Waals surface area contributed by atoms with Crippen LogP contribution in [0, 0.1) is 0 Å². The Balaban J connectivity index is 1.75. The van der Waals surface area contributed by atoms with E-state index >= 15 is 0 Å². The highest BCUT2D eigenvalue weighted by Gasteiger charge is 2.27. The topological polar surface area (TPSA) is 77.2 Å². The minimum atomic E-state index is -2.77. The van der Waals surface area contributed by atoms with Gasteiger partial charge in [-0.05, 0) is 56.9 Å². The number of alkyl halides is 2. The molecule has 25 heavy (non-hydrogen) atoms. The standard InChI is InChI=1S/C17H19F2N3O3/c1-17(2,3)24-16(23)20-12-7-5-9-8-10(4-6-11(9)12)15-21-14(13(18)19)22-25-15/h4,6,8,12-13H,5,7H2,1-3H3,(H,20,23)/t12-/m1/s1. The smallest absolute Gasteiger partial charge is 0.408 e. The van der Waals surface area contributed by atoms with Crippen LogP contribution < -0.4 is 5.32 Å². The first kappa shape index (κ1) is 17.3. The minimum absolute atomic E-state index is 0.0571. The molecule has 6 nitrogen and oxygen atoms in total. The van der Waals surface area contributed by atoms with Gasteiger partial charge in [-0.3, -0.25) is 0 Å². The number of hydrogen-bond acceptors (Lipinski definition) is 5. The monoisotopic (exact) mass is 351 g/mol. The summed E-state index contributed by atoms with van der Waals surface area (Å²) in [7, 11) is 0. The molecule has 0 saturated carbocycles. The summed E-state index contributed by atoms with van der Waals surface area (Å²) in [6.45, 7) is 5.42. The summed E-state index contributed by atoms with van der Waals surface area (Å²) in [4.78, 5) is 15.6. The highest BCUT2D eigenvalue weighted by atomic mass is 19.3. The second kappa shape index (κ2) is 6.42. The van der Waals surface area contributed by atoms with Crippen LogP contribution in [0.3, 0.4) is 0 Å². The maximum absolute atomic E-state index is 12.6. The highest BCUT2D eigenvalue weighted by molar-refractivity contribution is 5.69. The molecule has 1 aromatic carbocycles. The van der Waals surface area contributed by atoms with Gasteiger partial charge in [0.1, 0.15) is 5.60 Å². The molecule has 1 heterocycles. The third-order valence-corrected chi connectivity index (χ3v) is 3.80. The van der Waals surface area contributed by atoms with Gasteiger partial charge in [0, 0.05) is 5.56 Å². The van der Waals surface area contributed by atoms with E-state index in [1.807, 2.05) is 12.1 Å². The lowest BCUT2D eigenvalue weighted by Crippen LogP contribution is -2.34. The Morgan fingerprint density at radius 3 is 2.80 bits per heavy atom. The molecule has 1 atom stereocenters. The van der Waals surface area contributed by atoms with E-state index in [9.17, 15) is 13.6 Å². The Kier molecular flexibility index (Phi) is 4.45. The Morgan fingerprint density at radius 2 is 2.16 bits per heavy atom. The van der Waals surface area contributed by atoms with Gasteiger partial charge < -0.3 is 14.6 Å². The van der Waals surface area contributed by atoms with Crippen molar-refractivity contribution in [3.8, 4) is 11.5 Å². The van der Waals surface area contributed by atoms with Crippen LogP contribution in [-0.2, 0) is 11.2 Å². The number of rotatable bonds is 3. The van der Waals surface area contributed by atoms with Crippen molar-refractivity contribution < 1.29 is 22.8 Å².